The number of halogens is 1. The summed E-state index contributed by atoms with van der Waals surface area (Å²) in [7, 11) is 0. The predicted molar refractivity (Wildman–Crippen MR) is 78.8 cm³/mol. The highest BCUT2D eigenvalue weighted by molar-refractivity contribution is 8.93. The molecule has 1 aliphatic carbocycles. The molecule has 0 radical (unpaired) electrons. The SMILES string of the molecule is Br.CCCCN[C@H]1CCc2c(ccc(O)c2O)C1. The molecule has 3 nitrogen and oxygen atoms in total. The topological polar surface area (TPSA) is 52.5 Å². The first-order chi connectivity index (χ1) is 8.22. The minimum absolute atomic E-state index is 0. The van der Waals surface area contributed by atoms with E-state index < -0.39 is 0 Å². The molecule has 1 atom stereocenters. The molecule has 0 fully saturated rings. The van der Waals surface area contributed by atoms with Crippen LogP contribution >= 0.6 is 17.0 Å². The summed E-state index contributed by atoms with van der Waals surface area (Å²) >= 11 is 0. The summed E-state index contributed by atoms with van der Waals surface area (Å²) in [4.78, 5) is 0. The van der Waals surface area contributed by atoms with Crippen LogP contribution in [0.5, 0.6) is 11.5 Å². The molecule has 0 bridgehead atoms. The highest BCUT2D eigenvalue weighted by Gasteiger charge is 2.21. The van der Waals surface area contributed by atoms with Gasteiger partial charge in [-0.05, 0) is 43.9 Å². The van der Waals surface area contributed by atoms with E-state index in [1.807, 2.05) is 6.07 Å². The van der Waals surface area contributed by atoms with Crippen molar-refractivity contribution in [3.05, 3.63) is 23.3 Å². The molecule has 18 heavy (non-hydrogen) atoms. The van der Waals surface area contributed by atoms with Gasteiger partial charge in [0.1, 0.15) is 0 Å². The van der Waals surface area contributed by atoms with Crippen molar-refractivity contribution < 1.29 is 10.2 Å². The Morgan fingerprint density at radius 2 is 2.11 bits per heavy atom. The summed E-state index contributed by atoms with van der Waals surface area (Å²) in [5.74, 6) is 0.0793. The lowest BCUT2D eigenvalue weighted by Crippen LogP contribution is -2.35. The number of nitrogens with one attached hydrogen (secondary N) is 1. The normalized spacial score (nSPS) is 17.9. The van der Waals surface area contributed by atoms with Crippen molar-refractivity contribution in [1.82, 2.24) is 5.32 Å². The van der Waals surface area contributed by atoms with Gasteiger partial charge < -0.3 is 15.5 Å². The third-order valence-corrected chi connectivity index (χ3v) is 3.53. The maximum absolute atomic E-state index is 9.77. The van der Waals surface area contributed by atoms with E-state index in [1.165, 1.54) is 18.4 Å². The smallest absolute Gasteiger partial charge is 0.160 e. The molecule has 3 N–H and O–H groups in total. The van der Waals surface area contributed by atoms with Crippen molar-refractivity contribution in [2.45, 2.75) is 45.1 Å². The number of rotatable bonds is 4. The van der Waals surface area contributed by atoms with Gasteiger partial charge in [-0.2, -0.15) is 0 Å². The summed E-state index contributed by atoms with van der Waals surface area (Å²) in [6.07, 6.45) is 5.26. The lowest BCUT2D eigenvalue weighted by Gasteiger charge is -2.26. The van der Waals surface area contributed by atoms with Gasteiger partial charge >= 0.3 is 0 Å². The van der Waals surface area contributed by atoms with Crippen molar-refractivity contribution in [2.75, 3.05) is 6.54 Å². The molecule has 4 heteroatoms. The lowest BCUT2D eigenvalue weighted by atomic mass is 9.87. The Balaban J connectivity index is 0.00000162. The van der Waals surface area contributed by atoms with E-state index in [9.17, 15) is 10.2 Å². The molecule has 0 amide bonds. The summed E-state index contributed by atoms with van der Waals surface area (Å²) in [6, 6.07) is 4.03. The maximum Gasteiger partial charge on any atom is 0.160 e. The lowest BCUT2D eigenvalue weighted by molar-refractivity contribution is 0.388. The first-order valence-electron chi connectivity index (χ1n) is 6.48. The molecule has 1 aromatic rings. The third kappa shape index (κ3) is 3.39. The van der Waals surface area contributed by atoms with Crippen LogP contribution in [-0.4, -0.2) is 22.8 Å². The first kappa shape index (κ1) is 15.3. The van der Waals surface area contributed by atoms with Crippen LogP contribution in [0.3, 0.4) is 0 Å². The number of benzene rings is 1. The minimum Gasteiger partial charge on any atom is -0.504 e. The van der Waals surface area contributed by atoms with Crippen molar-refractivity contribution in [1.29, 1.82) is 0 Å². The second kappa shape index (κ2) is 7.00. The fourth-order valence-electron chi connectivity index (χ4n) is 2.48. The van der Waals surface area contributed by atoms with Crippen molar-refractivity contribution in [3.63, 3.8) is 0 Å². The van der Waals surface area contributed by atoms with E-state index in [0.717, 1.165) is 31.4 Å². The molecule has 0 saturated heterocycles. The number of fused-ring (bicyclic) bond motifs is 1. The molecular weight excluding hydrogens is 294 g/mol. The largest absolute Gasteiger partial charge is 0.504 e. The average molecular weight is 316 g/mol. The zero-order valence-electron chi connectivity index (χ0n) is 10.8. The molecule has 0 spiro atoms. The second-order valence-electron chi connectivity index (χ2n) is 4.82. The number of unbranched alkanes of at least 4 members (excludes halogenated alkanes) is 1. The van der Waals surface area contributed by atoms with Gasteiger partial charge in [0.25, 0.3) is 0 Å². The molecule has 0 saturated carbocycles. The quantitative estimate of drug-likeness (QED) is 0.591. The number of aromatic hydroxyl groups is 2. The van der Waals surface area contributed by atoms with Crippen LogP contribution in [0.4, 0.5) is 0 Å². The van der Waals surface area contributed by atoms with Crippen molar-refractivity contribution >= 4 is 17.0 Å². The number of phenols is 2. The fourth-order valence-corrected chi connectivity index (χ4v) is 2.48. The molecule has 102 valence electrons. The Kier molecular flexibility index (Phi) is 5.96. The number of hydrogen-bond acceptors (Lipinski definition) is 3. The molecule has 1 aromatic carbocycles. The number of phenolic OH excluding ortho intramolecular Hbond substituents is 2. The Morgan fingerprint density at radius 3 is 2.83 bits per heavy atom. The van der Waals surface area contributed by atoms with E-state index >= 15 is 0 Å². The van der Waals surface area contributed by atoms with Crippen LogP contribution < -0.4 is 5.32 Å². The van der Waals surface area contributed by atoms with E-state index in [4.69, 9.17) is 0 Å². The van der Waals surface area contributed by atoms with Crippen LogP contribution in [0.15, 0.2) is 12.1 Å². The molecular formula is C14H22BrNO2. The van der Waals surface area contributed by atoms with Gasteiger partial charge in [0, 0.05) is 11.6 Å². The standard InChI is InChI=1S/C14H21NO2.BrH/c1-2-3-8-15-11-5-6-12-10(9-11)4-7-13(16)14(12)17;/h4,7,11,15-17H,2-3,5-6,8-9H2,1H3;1H/t11-;/m0./s1. The summed E-state index contributed by atoms with van der Waals surface area (Å²) in [5, 5.41) is 22.8. The Morgan fingerprint density at radius 1 is 1.33 bits per heavy atom. The monoisotopic (exact) mass is 315 g/mol. The third-order valence-electron chi connectivity index (χ3n) is 3.53. The highest BCUT2D eigenvalue weighted by atomic mass is 79.9. The van der Waals surface area contributed by atoms with Gasteiger partial charge in [-0.25, -0.2) is 0 Å². The van der Waals surface area contributed by atoms with Crippen LogP contribution in [0.25, 0.3) is 0 Å². The van der Waals surface area contributed by atoms with Crippen molar-refractivity contribution in [3.8, 4) is 11.5 Å². The van der Waals surface area contributed by atoms with Gasteiger partial charge in [-0.15, -0.1) is 17.0 Å². The zero-order valence-corrected chi connectivity index (χ0v) is 12.5. The molecule has 0 heterocycles. The van der Waals surface area contributed by atoms with Crippen LogP contribution in [-0.2, 0) is 12.8 Å². The van der Waals surface area contributed by atoms with Crippen LogP contribution in [0.1, 0.15) is 37.3 Å². The van der Waals surface area contributed by atoms with Gasteiger partial charge in [-0.1, -0.05) is 19.4 Å². The fraction of sp³-hybridized carbons (Fsp3) is 0.571. The summed E-state index contributed by atoms with van der Waals surface area (Å²) < 4.78 is 0. The maximum atomic E-state index is 9.77. The van der Waals surface area contributed by atoms with E-state index in [2.05, 4.69) is 12.2 Å². The predicted octanol–water partition coefficient (Wildman–Crippen LogP) is 2.92. The molecule has 0 unspecified atom stereocenters. The Hall–Kier alpha value is -0.740. The molecule has 2 rings (SSSR count). The number of hydrogen-bond donors (Lipinski definition) is 3. The van der Waals surface area contributed by atoms with Gasteiger partial charge in [-0.3, -0.25) is 0 Å². The van der Waals surface area contributed by atoms with E-state index in [1.54, 1.807) is 6.07 Å². The van der Waals surface area contributed by atoms with Gasteiger partial charge in [0.2, 0.25) is 0 Å². The Labute approximate surface area is 119 Å². The second-order valence-corrected chi connectivity index (χ2v) is 4.82. The summed E-state index contributed by atoms with van der Waals surface area (Å²) in [6.45, 7) is 3.26. The molecule has 0 aliphatic heterocycles. The van der Waals surface area contributed by atoms with Gasteiger partial charge in [0.15, 0.2) is 11.5 Å². The van der Waals surface area contributed by atoms with Crippen LogP contribution in [0, 0.1) is 0 Å². The highest BCUT2D eigenvalue weighted by Crippen LogP contribution is 2.35. The average Bonchev–Trinajstić information content (AvgIpc) is 2.34. The Bertz CT molecular complexity index is 396. The minimum atomic E-state index is 0. The molecule has 0 aromatic heterocycles. The van der Waals surface area contributed by atoms with E-state index in [0.29, 0.717) is 6.04 Å². The summed E-state index contributed by atoms with van der Waals surface area (Å²) in [5.41, 5.74) is 2.10. The zero-order chi connectivity index (χ0) is 12.3. The van der Waals surface area contributed by atoms with Crippen molar-refractivity contribution in [2.24, 2.45) is 0 Å². The van der Waals surface area contributed by atoms with E-state index in [-0.39, 0.29) is 28.5 Å². The van der Waals surface area contributed by atoms with Gasteiger partial charge in [0.05, 0.1) is 0 Å². The first-order valence-corrected chi connectivity index (χ1v) is 6.48. The van der Waals surface area contributed by atoms with Crippen LogP contribution in [0.2, 0.25) is 0 Å². The molecule has 1 aliphatic rings.